The minimum Gasteiger partial charge on any atom is -0.394 e. The molecule has 44 heavy (non-hydrogen) atoms. The predicted octanol–water partition coefficient (Wildman–Crippen LogP) is 1.69. The summed E-state index contributed by atoms with van der Waals surface area (Å²) in [5, 5.41) is 10.7. The van der Waals surface area contributed by atoms with E-state index in [1.807, 2.05) is 75.4 Å². The van der Waals surface area contributed by atoms with E-state index in [1.54, 1.807) is 14.7 Å². The molecule has 10 nitrogen and oxygen atoms in total. The number of nitrogens with zero attached hydrogens (tertiary/aromatic N) is 4. The van der Waals surface area contributed by atoms with Gasteiger partial charge >= 0.3 is 0 Å². The van der Waals surface area contributed by atoms with Gasteiger partial charge in [0.15, 0.2) is 0 Å². The molecule has 1 aromatic carbocycles. The van der Waals surface area contributed by atoms with Crippen LogP contribution in [0.3, 0.4) is 0 Å². The second kappa shape index (κ2) is 12.4. The highest BCUT2D eigenvalue weighted by atomic mass is 16.5. The normalized spacial score (nSPS) is 33.6. The number of rotatable bonds is 9. The predicted molar refractivity (Wildman–Crippen MR) is 164 cm³/mol. The van der Waals surface area contributed by atoms with Crippen molar-refractivity contribution < 1.29 is 29.0 Å². The van der Waals surface area contributed by atoms with Gasteiger partial charge in [-0.3, -0.25) is 19.3 Å². The Morgan fingerprint density at radius 1 is 0.932 bits per heavy atom. The van der Waals surface area contributed by atoms with Gasteiger partial charge in [-0.15, -0.1) is 0 Å². The summed E-state index contributed by atoms with van der Waals surface area (Å²) < 4.78 is 12.5. The van der Waals surface area contributed by atoms with Crippen LogP contribution in [0.4, 0.5) is 0 Å². The second-order valence-electron chi connectivity index (χ2n) is 13.1. The summed E-state index contributed by atoms with van der Waals surface area (Å²) in [5.41, 5.74) is -1.41. The summed E-state index contributed by atoms with van der Waals surface area (Å²) in [6.45, 7) is 11.0. The number of hydrogen-bond acceptors (Lipinski definition) is 7. The Hall–Kier alpha value is -3.05. The summed E-state index contributed by atoms with van der Waals surface area (Å²) in [6, 6.07) is 8.26. The van der Waals surface area contributed by atoms with Crippen LogP contribution in [0.1, 0.15) is 32.8 Å². The van der Waals surface area contributed by atoms with E-state index in [0.29, 0.717) is 45.9 Å². The van der Waals surface area contributed by atoms with Crippen LogP contribution in [-0.2, 0) is 30.4 Å². The molecule has 5 aliphatic rings. The number of likely N-dealkylation sites (tertiary alicyclic amines) is 1. The zero-order chi connectivity index (χ0) is 31.1. The van der Waals surface area contributed by atoms with Crippen molar-refractivity contribution in [2.45, 2.75) is 57.0 Å². The molecule has 0 radical (unpaired) electrons. The number of fused-ring (bicyclic) bond motifs is 2. The molecular formula is C34H46N4O6. The van der Waals surface area contributed by atoms with Crippen LogP contribution in [0.5, 0.6) is 0 Å². The molecule has 10 heteroatoms. The van der Waals surface area contributed by atoms with Crippen molar-refractivity contribution in [3.05, 3.63) is 60.2 Å². The summed E-state index contributed by atoms with van der Waals surface area (Å²) in [7, 11) is 0. The van der Waals surface area contributed by atoms with Gasteiger partial charge in [0.25, 0.3) is 0 Å². The van der Waals surface area contributed by atoms with Gasteiger partial charge in [0.1, 0.15) is 11.6 Å². The smallest absolute Gasteiger partial charge is 0.249 e. The number of amides is 3. The number of benzene rings is 1. The Morgan fingerprint density at radius 3 is 2.34 bits per heavy atom. The Balaban J connectivity index is 1.38. The van der Waals surface area contributed by atoms with E-state index in [-0.39, 0.29) is 30.2 Å². The van der Waals surface area contributed by atoms with Crippen molar-refractivity contribution >= 4 is 17.7 Å². The van der Waals surface area contributed by atoms with Crippen LogP contribution in [0.15, 0.2) is 54.6 Å². The van der Waals surface area contributed by atoms with Crippen LogP contribution in [0.2, 0.25) is 0 Å². The van der Waals surface area contributed by atoms with Crippen LogP contribution in [0, 0.1) is 17.8 Å². The van der Waals surface area contributed by atoms with E-state index in [2.05, 4.69) is 4.90 Å². The lowest BCUT2D eigenvalue weighted by Gasteiger charge is -2.41. The van der Waals surface area contributed by atoms with Crippen molar-refractivity contribution in [3.63, 3.8) is 0 Å². The fourth-order valence-corrected chi connectivity index (χ4v) is 7.96. The molecule has 238 valence electrons. The van der Waals surface area contributed by atoms with E-state index in [0.717, 1.165) is 25.1 Å². The van der Waals surface area contributed by atoms with E-state index in [9.17, 15) is 19.5 Å². The molecule has 0 aromatic heterocycles. The van der Waals surface area contributed by atoms with Crippen molar-refractivity contribution in [3.8, 4) is 0 Å². The molecule has 3 amide bonds. The average molecular weight is 607 g/mol. The lowest BCUT2D eigenvalue weighted by atomic mass is 9.74. The number of aliphatic hydroxyl groups is 1. The van der Waals surface area contributed by atoms with E-state index in [1.165, 1.54) is 0 Å². The molecule has 7 atom stereocenters. The fourth-order valence-electron chi connectivity index (χ4n) is 7.96. The first-order valence-corrected chi connectivity index (χ1v) is 16.1. The molecule has 0 saturated carbocycles. The maximum atomic E-state index is 14.8. The number of morpholine rings is 1. The Morgan fingerprint density at radius 2 is 1.64 bits per heavy atom. The van der Waals surface area contributed by atoms with Crippen LogP contribution < -0.4 is 0 Å². The van der Waals surface area contributed by atoms with Gasteiger partial charge in [-0.05, 0) is 18.4 Å². The van der Waals surface area contributed by atoms with Crippen LogP contribution in [0.25, 0.3) is 0 Å². The molecule has 3 saturated heterocycles. The monoisotopic (exact) mass is 606 g/mol. The van der Waals surface area contributed by atoms with E-state index < -0.39 is 35.1 Å². The molecule has 1 spiro atoms. The van der Waals surface area contributed by atoms with Crippen molar-refractivity contribution in [2.75, 3.05) is 59.1 Å². The second-order valence-corrected chi connectivity index (χ2v) is 13.1. The molecule has 0 bridgehead atoms. The molecule has 5 aliphatic heterocycles. The molecule has 1 N–H and O–H groups in total. The molecule has 1 aromatic rings. The van der Waals surface area contributed by atoms with Gasteiger partial charge in [0, 0.05) is 45.8 Å². The number of hydrogen-bond donors (Lipinski definition) is 1. The van der Waals surface area contributed by atoms with E-state index >= 15 is 0 Å². The van der Waals surface area contributed by atoms with Crippen LogP contribution >= 0.6 is 0 Å². The van der Waals surface area contributed by atoms with Crippen LogP contribution in [-0.4, -0.2) is 125 Å². The van der Waals surface area contributed by atoms with Crippen molar-refractivity contribution in [1.82, 2.24) is 19.6 Å². The van der Waals surface area contributed by atoms with Gasteiger partial charge in [-0.1, -0.05) is 74.9 Å². The minimum atomic E-state index is -1.34. The number of aliphatic hydroxyl groups excluding tert-OH is 1. The number of carbonyl (C=O) groups excluding carboxylic acids is 3. The summed E-state index contributed by atoms with van der Waals surface area (Å²) >= 11 is 0. The molecule has 5 heterocycles. The van der Waals surface area contributed by atoms with Gasteiger partial charge < -0.3 is 29.3 Å². The summed E-state index contributed by atoms with van der Waals surface area (Å²) in [4.78, 5) is 51.4. The lowest BCUT2D eigenvalue weighted by molar-refractivity contribution is -0.157. The quantitative estimate of drug-likeness (QED) is 0.427. The van der Waals surface area contributed by atoms with Crippen molar-refractivity contribution in [2.24, 2.45) is 17.8 Å². The van der Waals surface area contributed by atoms with E-state index in [4.69, 9.17) is 9.47 Å². The molecule has 0 aliphatic carbocycles. The highest BCUT2D eigenvalue weighted by Crippen LogP contribution is 2.58. The zero-order valence-electron chi connectivity index (χ0n) is 26.1. The Bertz CT molecular complexity index is 1300. The molecule has 6 rings (SSSR count). The summed E-state index contributed by atoms with van der Waals surface area (Å²) in [5.74, 6) is -2.43. The third-order valence-corrected chi connectivity index (χ3v) is 10.5. The Kier molecular flexibility index (Phi) is 8.71. The fraction of sp³-hybridized carbons (Fsp3) is 0.618. The highest BCUT2D eigenvalue weighted by molar-refractivity contribution is 6.00. The minimum absolute atomic E-state index is 0.0626. The standard InChI is InChI=1S/C34H46N4O6/c1-4-24(2)26(23-39)38-29-32(42)36(17-16-35-18-20-43-21-19-35)14-9-13-34(29)28(31(38)41)27-30(40)37(15-8-12-33(27,3)44-34)22-25-10-6-5-7-11-25/h5-13,24,26-29,39H,4,14-23H2,1-3H3/t24-,26-,27-,28-,29?,33+,34-/m0/s1. The average Bonchev–Trinajstić information content (AvgIpc) is 3.31. The van der Waals surface area contributed by atoms with Gasteiger partial charge in [-0.2, -0.15) is 0 Å². The third kappa shape index (κ3) is 5.19. The summed E-state index contributed by atoms with van der Waals surface area (Å²) in [6.07, 6.45) is 8.41. The first-order chi connectivity index (χ1) is 21.2. The lowest BCUT2D eigenvalue weighted by Crippen LogP contribution is -2.60. The maximum Gasteiger partial charge on any atom is 0.249 e. The molecular weight excluding hydrogens is 560 g/mol. The first kappa shape index (κ1) is 31.0. The topological polar surface area (TPSA) is 103 Å². The number of ether oxygens (including phenoxy) is 2. The maximum absolute atomic E-state index is 14.8. The molecule has 1 unspecified atom stereocenters. The highest BCUT2D eigenvalue weighted by Gasteiger charge is 2.75. The van der Waals surface area contributed by atoms with Gasteiger partial charge in [-0.25, -0.2) is 0 Å². The largest absolute Gasteiger partial charge is 0.394 e. The SMILES string of the molecule is CC[C@H](C)[C@H](CO)N1C(=O)[C@@H]2[C@H]3C(=O)N(Cc4ccccc4)CC=C[C@@]3(C)O[C@@]23C=CCN(CCN2CCOCC2)C(=O)C13. The van der Waals surface area contributed by atoms with Gasteiger partial charge in [0.2, 0.25) is 17.7 Å². The number of carbonyl (C=O) groups is 3. The van der Waals surface area contributed by atoms with Crippen molar-refractivity contribution in [1.29, 1.82) is 0 Å². The molecule has 3 fully saturated rings. The zero-order valence-corrected chi connectivity index (χ0v) is 26.1. The first-order valence-electron chi connectivity index (χ1n) is 16.1. The van der Waals surface area contributed by atoms with Gasteiger partial charge in [0.05, 0.1) is 43.3 Å². The Labute approximate surface area is 260 Å². The third-order valence-electron chi connectivity index (χ3n) is 10.5.